The first-order valence-corrected chi connectivity index (χ1v) is 23.6. The van der Waals surface area contributed by atoms with Crippen LogP contribution in [0.25, 0.3) is 55.0 Å². The van der Waals surface area contributed by atoms with Crippen LogP contribution >= 0.6 is 0 Å². The van der Waals surface area contributed by atoms with Gasteiger partial charge in [0.15, 0.2) is 5.58 Å². The molecule has 12 aromatic rings. The van der Waals surface area contributed by atoms with Gasteiger partial charge in [-0.1, -0.05) is 218 Å². The van der Waals surface area contributed by atoms with Crippen LogP contribution in [0, 0.1) is 0 Å². The lowest BCUT2D eigenvalue weighted by Gasteiger charge is -2.36. The Hall–Kier alpha value is -8.72. The van der Waals surface area contributed by atoms with Crippen molar-refractivity contribution in [2.45, 2.75) is 10.8 Å². The van der Waals surface area contributed by atoms with Gasteiger partial charge < -0.3 is 9.32 Å². The molecule has 0 saturated carbocycles. The van der Waals surface area contributed by atoms with Crippen LogP contribution in [0.4, 0.5) is 17.1 Å². The number of benzene rings is 11. The predicted molar refractivity (Wildman–Crippen MR) is 281 cm³/mol. The molecule has 0 N–H and O–H groups in total. The summed E-state index contributed by atoms with van der Waals surface area (Å²) in [6, 6.07) is 96.4. The number of rotatable bonds is 7. The first kappa shape index (κ1) is 38.5. The lowest BCUT2D eigenvalue weighted by Crippen LogP contribution is -2.30. The van der Waals surface area contributed by atoms with Gasteiger partial charge in [0.25, 0.3) is 0 Å². The van der Waals surface area contributed by atoms with Crippen molar-refractivity contribution in [1.29, 1.82) is 0 Å². The normalized spacial score (nSPS) is 13.8. The molecule has 0 radical (unpaired) electrons. The molecule has 1 heterocycles. The number of nitrogens with zero attached hydrogens (tertiary/aromatic N) is 1. The van der Waals surface area contributed by atoms with Crippen LogP contribution in [-0.2, 0) is 10.8 Å². The standard InChI is InChI=1S/C66H43NO/c1-6-23-44(24-7-1)65(45-25-8-2-9-26-45)56-38-20-18-33-49(56)54-41-58-55(42-57(54)65)63-52-36-17-16-34-50(52)61(43-59(63)66(58,46-27-10-3-11-28-46)47-29-12-4-13-30-47)67(48-31-14-5-15-32-48)60-39-22-37-53-51-35-19-21-40-62(51)68-64(53)60/h1-43H. The summed E-state index contributed by atoms with van der Waals surface area (Å²) in [5.74, 6) is 0. The molecular weight excluding hydrogens is 823 g/mol. The van der Waals surface area contributed by atoms with Crippen LogP contribution in [0.5, 0.6) is 0 Å². The number of anilines is 3. The van der Waals surface area contributed by atoms with E-state index in [0.29, 0.717) is 0 Å². The third kappa shape index (κ3) is 5.23. The monoisotopic (exact) mass is 865 g/mol. The maximum atomic E-state index is 6.87. The summed E-state index contributed by atoms with van der Waals surface area (Å²) in [6.07, 6.45) is 0. The predicted octanol–water partition coefficient (Wildman–Crippen LogP) is 16.9. The van der Waals surface area contributed by atoms with E-state index in [9.17, 15) is 0 Å². The molecule has 0 unspecified atom stereocenters. The van der Waals surface area contributed by atoms with Gasteiger partial charge in [0.1, 0.15) is 5.58 Å². The average Bonchev–Trinajstić information content (AvgIpc) is 4.05. The van der Waals surface area contributed by atoms with Gasteiger partial charge in [0, 0.05) is 21.8 Å². The molecule has 0 bridgehead atoms. The maximum Gasteiger partial charge on any atom is 0.159 e. The van der Waals surface area contributed by atoms with Crippen molar-refractivity contribution in [3.63, 3.8) is 0 Å². The molecule has 2 heteroatoms. The molecule has 0 amide bonds. The van der Waals surface area contributed by atoms with Crippen LogP contribution in [0.15, 0.2) is 265 Å². The fraction of sp³-hybridized carbons (Fsp3) is 0.0303. The molecule has 68 heavy (non-hydrogen) atoms. The second-order valence-corrected chi connectivity index (χ2v) is 18.2. The van der Waals surface area contributed by atoms with E-state index in [1.54, 1.807) is 0 Å². The zero-order valence-electron chi connectivity index (χ0n) is 37.2. The second-order valence-electron chi connectivity index (χ2n) is 18.2. The number of hydrogen-bond donors (Lipinski definition) is 0. The summed E-state index contributed by atoms with van der Waals surface area (Å²) in [5, 5.41) is 4.56. The minimum Gasteiger partial charge on any atom is -0.454 e. The molecular formula is C66H43NO. The van der Waals surface area contributed by atoms with E-state index in [-0.39, 0.29) is 0 Å². The summed E-state index contributed by atoms with van der Waals surface area (Å²) in [4.78, 5) is 2.43. The highest BCUT2D eigenvalue weighted by atomic mass is 16.3. The van der Waals surface area contributed by atoms with E-state index in [4.69, 9.17) is 4.42 Å². The van der Waals surface area contributed by atoms with Crippen LogP contribution < -0.4 is 4.90 Å². The van der Waals surface area contributed by atoms with E-state index in [1.807, 2.05) is 0 Å². The zero-order valence-corrected chi connectivity index (χ0v) is 37.2. The van der Waals surface area contributed by atoms with Crippen molar-refractivity contribution in [3.05, 3.63) is 305 Å². The summed E-state index contributed by atoms with van der Waals surface area (Å²) in [7, 11) is 0. The molecule has 2 aliphatic rings. The fourth-order valence-electron chi connectivity index (χ4n) is 12.3. The first-order valence-electron chi connectivity index (χ1n) is 23.6. The number of para-hydroxylation sites is 3. The highest BCUT2D eigenvalue weighted by Crippen LogP contribution is 2.64. The lowest BCUT2D eigenvalue weighted by atomic mass is 9.66. The van der Waals surface area contributed by atoms with Gasteiger partial charge in [-0.3, -0.25) is 0 Å². The minimum absolute atomic E-state index is 0.556. The highest BCUT2D eigenvalue weighted by Gasteiger charge is 2.52. The van der Waals surface area contributed by atoms with Gasteiger partial charge in [-0.25, -0.2) is 0 Å². The summed E-state index contributed by atoms with van der Waals surface area (Å²) >= 11 is 0. The second kappa shape index (κ2) is 14.9. The number of fused-ring (bicyclic) bond motifs is 11. The topological polar surface area (TPSA) is 16.4 Å². The number of furan rings is 1. The van der Waals surface area contributed by atoms with E-state index in [0.717, 1.165) is 44.4 Å². The molecule has 14 rings (SSSR count). The third-order valence-corrected chi connectivity index (χ3v) is 15.0. The molecule has 2 nitrogen and oxygen atoms in total. The average molecular weight is 866 g/mol. The van der Waals surface area contributed by atoms with Crippen LogP contribution in [-0.4, -0.2) is 0 Å². The van der Waals surface area contributed by atoms with Crippen molar-refractivity contribution in [2.75, 3.05) is 4.90 Å². The van der Waals surface area contributed by atoms with Crippen LogP contribution in [0.1, 0.15) is 44.5 Å². The van der Waals surface area contributed by atoms with Gasteiger partial charge in [0.05, 0.1) is 22.2 Å². The molecule has 0 aliphatic heterocycles. The molecule has 0 spiro atoms. The van der Waals surface area contributed by atoms with Gasteiger partial charge in [-0.15, -0.1) is 0 Å². The van der Waals surface area contributed by atoms with Crippen molar-refractivity contribution in [1.82, 2.24) is 0 Å². The Bertz CT molecular complexity index is 3820. The summed E-state index contributed by atoms with van der Waals surface area (Å²) < 4.78 is 6.87. The van der Waals surface area contributed by atoms with E-state index < -0.39 is 10.8 Å². The van der Waals surface area contributed by atoms with Crippen LogP contribution in [0.2, 0.25) is 0 Å². The Kier molecular flexibility index (Phi) is 8.45. The Balaban J connectivity index is 1.16. The lowest BCUT2D eigenvalue weighted by molar-refractivity contribution is 0.669. The van der Waals surface area contributed by atoms with Crippen molar-refractivity contribution in [3.8, 4) is 22.3 Å². The Morgan fingerprint density at radius 2 is 0.765 bits per heavy atom. The fourth-order valence-corrected chi connectivity index (χ4v) is 12.3. The van der Waals surface area contributed by atoms with Crippen molar-refractivity contribution < 1.29 is 4.42 Å². The molecule has 1 aromatic heterocycles. The highest BCUT2D eigenvalue weighted by molar-refractivity contribution is 6.15. The third-order valence-electron chi connectivity index (χ3n) is 15.0. The molecule has 2 aliphatic carbocycles. The van der Waals surface area contributed by atoms with Crippen molar-refractivity contribution >= 4 is 49.8 Å². The SMILES string of the molecule is c1ccc(N(c2cc3c(c4ccccc24)-c2cc4c(cc2C3(c2ccccc2)c2ccccc2)-c2ccccc2C4(c2ccccc2)c2ccccc2)c2cccc3c2oc2ccccc23)cc1. The van der Waals surface area contributed by atoms with Gasteiger partial charge in [0.2, 0.25) is 0 Å². The first-order chi connectivity index (χ1) is 33.8. The molecule has 0 saturated heterocycles. The number of hydrogen-bond acceptors (Lipinski definition) is 2. The molecule has 0 atom stereocenters. The quantitative estimate of drug-likeness (QED) is 0.159. The molecule has 0 fully saturated rings. The van der Waals surface area contributed by atoms with E-state index >= 15 is 0 Å². The van der Waals surface area contributed by atoms with Crippen molar-refractivity contribution in [2.24, 2.45) is 0 Å². The van der Waals surface area contributed by atoms with E-state index in [1.165, 1.54) is 72.1 Å². The van der Waals surface area contributed by atoms with Gasteiger partial charge >= 0.3 is 0 Å². The maximum absolute atomic E-state index is 6.87. The van der Waals surface area contributed by atoms with Gasteiger partial charge in [-0.05, 0) is 115 Å². The zero-order chi connectivity index (χ0) is 44.8. The Morgan fingerprint density at radius 1 is 0.294 bits per heavy atom. The Morgan fingerprint density at radius 3 is 1.40 bits per heavy atom. The largest absolute Gasteiger partial charge is 0.454 e. The summed E-state index contributed by atoms with van der Waals surface area (Å²) in [6.45, 7) is 0. The Labute approximate surface area is 395 Å². The molecule has 11 aromatic carbocycles. The van der Waals surface area contributed by atoms with E-state index in [2.05, 4.69) is 266 Å². The summed E-state index contributed by atoms with van der Waals surface area (Å²) in [5.41, 5.74) is 18.7. The smallest absolute Gasteiger partial charge is 0.159 e. The molecule has 318 valence electrons. The van der Waals surface area contributed by atoms with Crippen LogP contribution in [0.3, 0.4) is 0 Å². The van der Waals surface area contributed by atoms with Gasteiger partial charge in [-0.2, -0.15) is 0 Å². The minimum atomic E-state index is -0.700.